The Labute approximate surface area is 91.4 Å². The van der Waals surface area contributed by atoms with Crippen LogP contribution in [0, 0.1) is 12.3 Å². The number of nitrogens with one attached hydrogen (secondary N) is 1. The van der Waals surface area contributed by atoms with E-state index < -0.39 is 0 Å². The average molecular weight is 224 g/mol. The number of aromatic nitrogens is 3. The van der Waals surface area contributed by atoms with Crippen LogP contribution in [0.1, 0.15) is 17.1 Å². The third kappa shape index (κ3) is 1.55. The highest BCUT2D eigenvalue weighted by Crippen LogP contribution is 2.12. The van der Waals surface area contributed by atoms with Crippen LogP contribution in [0.4, 0.5) is 0 Å². The molecule has 0 radical (unpaired) electrons. The molecule has 0 amide bonds. The van der Waals surface area contributed by atoms with Crippen LogP contribution in [-0.2, 0) is 5.88 Å². The highest BCUT2D eigenvalue weighted by Gasteiger charge is 2.10. The molecule has 0 atom stereocenters. The maximum atomic E-state index is 7.42. The summed E-state index contributed by atoms with van der Waals surface area (Å²) in [4.78, 5) is 4.21. The molecule has 0 saturated heterocycles. The minimum atomic E-state index is -0.0199. The zero-order valence-corrected chi connectivity index (χ0v) is 8.91. The summed E-state index contributed by atoms with van der Waals surface area (Å²) in [6, 6.07) is 3.61. The van der Waals surface area contributed by atoms with Crippen LogP contribution in [0.3, 0.4) is 0 Å². The largest absolute Gasteiger partial charge is 0.384 e. The number of nitrogens with two attached hydrogens (primary N) is 1. The lowest BCUT2D eigenvalue weighted by molar-refractivity contribution is 0.885. The number of halogens is 1. The zero-order chi connectivity index (χ0) is 11.0. The van der Waals surface area contributed by atoms with E-state index in [0.717, 1.165) is 5.69 Å². The summed E-state index contributed by atoms with van der Waals surface area (Å²) >= 11 is 5.66. The SMILES string of the molecule is Cc1ccc(C(=N)N)c2nc(CCl)nn12. The van der Waals surface area contributed by atoms with Crippen molar-refractivity contribution in [3.8, 4) is 0 Å². The first-order valence-electron chi connectivity index (χ1n) is 4.39. The van der Waals surface area contributed by atoms with Crippen LogP contribution in [0.5, 0.6) is 0 Å². The van der Waals surface area contributed by atoms with Crippen molar-refractivity contribution in [2.45, 2.75) is 12.8 Å². The number of nitrogen functional groups attached to an aromatic ring is 1. The molecule has 0 spiro atoms. The summed E-state index contributed by atoms with van der Waals surface area (Å²) in [5.41, 5.74) is 7.53. The molecule has 5 nitrogen and oxygen atoms in total. The number of hydrogen-bond donors (Lipinski definition) is 2. The molecular weight excluding hydrogens is 214 g/mol. The van der Waals surface area contributed by atoms with E-state index in [1.807, 2.05) is 13.0 Å². The minimum Gasteiger partial charge on any atom is -0.384 e. The van der Waals surface area contributed by atoms with Crippen molar-refractivity contribution < 1.29 is 0 Å². The Kier molecular flexibility index (Phi) is 2.32. The van der Waals surface area contributed by atoms with E-state index in [2.05, 4.69) is 10.1 Å². The van der Waals surface area contributed by atoms with Crippen molar-refractivity contribution in [1.29, 1.82) is 5.41 Å². The van der Waals surface area contributed by atoms with Gasteiger partial charge in [-0.15, -0.1) is 16.7 Å². The van der Waals surface area contributed by atoms with Gasteiger partial charge in [0.2, 0.25) is 0 Å². The van der Waals surface area contributed by atoms with Gasteiger partial charge in [-0.05, 0) is 19.1 Å². The quantitative estimate of drug-likeness (QED) is 0.454. The Morgan fingerprint density at radius 2 is 2.33 bits per heavy atom. The number of fused-ring (bicyclic) bond motifs is 1. The van der Waals surface area contributed by atoms with Gasteiger partial charge in [0.15, 0.2) is 11.5 Å². The third-order valence-corrected chi connectivity index (χ3v) is 2.37. The van der Waals surface area contributed by atoms with Crippen LogP contribution in [0.2, 0.25) is 0 Å². The molecule has 0 aliphatic rings. The first-order chi connectivity index (χ1) is 7.13. The standard InChI is InChI=1S/C9H10ClN5/c1-5-2-3-6(8(11)12)9-13-7(4-10)14-15(5)9/h2-3H,4H2,1H3,(H3,11,12). The Balaban J connectivity index is 2.80. The number of amidine groups is 1. The normalized spacial score (nSPS) is 10.8. The summed E-state index contributed by atoms with van der Waals surface area (Å²) in [7, 11) is 0. The van der Waals surface area contributed by atoms with Crippen molar-refractivity contribution in [2.75, 3.05) is 0 Å². The molecule has 2 aromatic heterocycles. The molecule has 0 aromatic carbocycles. The first-order valence-corrected chi connectivity index (χ1v) is 4.92. The average Bonchev–Trinajstić information content (AvgIpc) is 2.62. The predicted octanol–water partition coefficient (Wildman–Crippen LogP) is 1.06. The molecule has 2 heterocycles. The van der Waals surface area contributed by atoms with E-state index in [9.17, 15) is 0 Å². The molecule has 15 heavy (non-hydrogen) atoms. The minimum absolute atomic E-state index is 0.0199. The summed E-state index contributed by atoms with van der Waals surface area (Å²) in [5, 5.41) is 11.6. The van der Waals surface area contributed by atoms with Crippen molar-refractivity contribution in [2.24, 2.45) is 5.73 Å². The highest BCUT2D eigenvalue weighted by atomic mass is 35.5. The molecule has 78 valence electrons. The van der Waals surface area contributed by atoms with Crippen molar-refractivity contribution in [3.05, 3.63) is 29.2 Å². The number of nitrogens with zero attached hydrogens (tertiary/aromatic N) is 3. The van der Waals surface area contributed by atoms with Crippen LogP contribution in [0.15, 0.2) is 12.1 Å². The topological polar surface area (TPSA) is 80.1 Å². The van der Waals surface area contributed by atoms with Crippen LogP contribution in [0.25, 0.3) is 5.65 Å². The number of rotatable bonds is 2. The Morgan fingerprint density at radius 1 is 1.60 bits per heavy atom. The molecule has 0 fully saturated rings. The van der Waals surface area contributed by atoms with Gasteiger partial charge in [-0.2, -0.15) is 0 Å². The lowest BCUT2D eigenvalue weighted by atomic mass is 10.2. The maximum Gasteiger partial charge on any atom is 0.166 e. The molecule has 0 aliphatic carbocycles. The lowest BCUT2D eigenvalue weighted by Crippen LogP contribution is -2.13. The number of pyridine rings is 1. The van der Waals surface area contributed by atoms with E-state index >= 15 is 0 Å². The predicted molar refractivity (Wildman–Crippen MR) is 58.3 cm³/mol. The monoisotopic (exact) mass is 223 g/mol. The van der Waals surface area contributed by atoms with Gasteiger partial charge in [-0.3, -0.25) is 5.41 Å². The molecule has 2 aromatic rings. The third-order valence-electron chi connectivity index (χ3n) is 2.13. The molecular formula is C9H10ClN5. The van der Waals surface area contributed by atoms with Gasteiger partial charge in [0.05, 0.1) is 11.4 Å². The van der Waals surface area contributed by atoms with Crippen LogP contribution >= 0.6 is 11.6 Å². The summed E-state index contributed by atoms with van der Waals surface area (Å²) in [5.74, 6) is 0.764. The van der Waals surface area contributed by atoms with Crippen LogP contribution in [-0.4, -0.2) is 20.4 Å². The van der Waals surface area contributed by atoms with E-state index in [-0.39, 0.29) is 11.7 Å². The molecule has 0 bridgehead atoms. The molecule has 3 N–H and O–H groups in total. The maximum absolute atomic E-state index is 7.42. The fraction of sp³-hybridized carbons (Fsp3) is 0.222. The second-order valence-corrected chi connectivity index (χ2v) is 3.47. The molecule has 0 aliphatic heterocycles. The Bertz CT molecular complexity index is 531. The van der Waals surface area contributed by atoms with E-state index in [1.54, 1.807) is 10.6 Å². The summed E-state index contributed by atoms with van der Waals surface area (Å²) in [6.07, 6.45) is 0. The fourth-order valence-electron chi connectivity index (χ4n) is 1.39. The van der Waals surface area contributed by atoms with Crippen molar-refractivity contribution >= 4 is 23.1 Å². The second kappa shape index (κ2) is 3.51. The number of alkyl halides is 1. The first kappa shape index (κ1) is 9.92. The zero-order valence-electron chi connectivity index (χ0n) is 8.16. The summed E-state index contributed by atoms with van der Waals surface area (Å²) < 4.78 is 1.65. The Morgan fingerprint density at radius 3 is 2.93 bits per heavy atom. The lowest BCUT2D eigenvalue weighted by Gasteiger charge is -2.02. The highest BCUT2D eigenvalue weighted by molar-refractivity contribution is 6.16. The van der Waals surface area contributed by atoms with E-state index in [0.29, 0.717) is 17.0 Å². The van der Waals surface area contributed by atoms with Crippen LogP contribution < -0.4 is 5.73 Å². The molecule has 6 heteroatoms. The van der Waals surface area contributed by atoms with Gasteiger partial charge in [0, 0.05) is 5.69 Å². The van der Waals surface area contributed by atoms with Crippen molar-refractivity contribution in [1.82, 2.24) is 14.6 Å². The molecule has 2 rings (SSSR count). The summed E-state index contributed by atoms with van der Waals surface area (Å²) in [6.45, 7) is 1.91. The fourth-order valence-corrected chi connectivity index (χ4v) is 1.50. The van der Waals surface area contributed by atoms with E-state index in [4.69, 9.17) is 22.7 Å². The molecule has 0 saturated carbocycles. The number of hydrogen-bond acceptors (Lipinski definition) is 3. The van der Waals surface area contributed by atoms with Gasteiger partial charge >= 0.3 is 0 Å². The van der Waals surface area contributed by atoms with Gasteiger partial charge in [0.25, 0.3) is 0 Å². The smallest absolute Gasteiger partial charge is 0.166 e. The van der Waals surface area contributed by atoms with Gasteiger partial charge in [-0.1, -0.05) is 0 Å². The van der Waals surface area contributed by atoms with E-state index in [1.165, 1.54) is 0 Å². The Hall–Kier alpha value is -1.62. The van der Waals surface area contributed by atoms with Gasteiger partial charge in [-0.25, -0.2) is 9.50 Å². The second-order valence-electron chi connectivity index (χ2n) is 3.20. The van der Waals surface area contributed by atoms with Gasteiger partial charge < -0.3 is 5.73 Å². The molecule has 0 unspecified atom stereocenters. The number of aryl methyl sites for hydroxylation is 1. The van der Waals surface area contributed by atoms with Crippen molar-refractivity contribution in [3.63, 3.8) is 0 Å². The van der Waals surface area contributed by atoms with Gasteiger partial charge in [0.1, 0.15) is 5.84 Å².